The van der Waals surface area contributed by atoms with Gasteiger partial charge in [-0.2, -0.15) is 10.2 Å². The third-order valence-electron chi connectivity index (χ3n) is 3.03. The number of carbonyl (C=O) groups is 1. The van der Waals surface area contributed by atoms with Crippen LogP contribution in [-0.2, 0) is 7.05 Å². The van der Waals surface area contributed by atoms with E-state index >= 15 is 0 Å². The minimum absolute atomic E-state index is 0.0465. The van der Waals surface area contributed by atoms with E-state index in [0.717, 1.165) is 0 Å². The summed E-state index contributed by atoms with van der Waals surface area (Å²) in [6.45, 7) is 3.97. The molecular weight excluding hydrogens is 320 g/mol. The minimum atomic E-state index is -0.460. The Morgan fingerprint density at radius 1 is 1.57 bits per heavy atom. The Hall–Kier alpha value is -2.54. The Bertz CT molecular complexity index is 755. The molecule has 0 aliphatic carbocycles. The fourth-order valence-electron chi connectivity index (χ4n) is 1.98. The number of aromatic nitrogens is 2. The van der Waals surface area contributed by atoms with E-state index in [-0.39, 0.29) is 11.4 Å². The van der Waals surface area contributed by atoms with Gasteiger partial charge in [-0.25, -0.2) is 5.43 Å². The van der Waals surface area contributed by atoms with E-state index in [2.05, 4.69) is 15.6 Å². The highest BCUT2D eigenvalue weighted by Gasteiger charge is 2.18. The molecule has 1 aromatic heterocycles. The van der Waals surface area contributed by atoms with Crippen molar-refractivity contribution in [2.24, 2.45) is 12.1 Å². The van der Waals surface area contributed by atoms with Crippen molar-refractivity contribution < 1.29 is 14.6 Å². The van der Waals surface area contributed by atoms with E-state index in [9.17, 15) is 9.90 Å². The number of nitrogens with one attached hydrogen (secondary N) is 1. The molecule has 1 heterocycles. The Kier molecular flexibility index (Phi) is 5.23. The molecule has 2 N–H and O–H groups in total. The van der Waals surface area contributed by atoms with Crippen molar-refractivity contribution in [2.45, 2.75) is 13.8 Å². The highest BCUT2D eigenvalue weighted by molar-refractivity contribution is 6.34. The first kappa shape index (κ1) is 16.8. The largest absolute Gasteiger partial charge is 0.504 e. The second-order valence-corrected chi connectivity index (χ2v) is 5.11. The van der Waals surface area contributed by atoms with Gasteiger partial charge in [0.2, 0.25) is 0 Å². The first-order valence-corrected chi connectivity index (χ1v) is 7.30. The Balaban J connectivity index is 2.09. The van der Waals surface area contributed by atoms with E-state index in [1.807, 2.05) is 6.92 Å². The van der Waals surface area contributed by atoms with Crippen LogP contribution in [0.1, 0.15) is 28.7 Å². The smallest absolute Gasteiger partial charge is 0.291 e. The molecule has 0 aliphatic rings. The van der Waals surface area contributed by atoms with Crippen LogP contribution in [0.3, 0.4) is 0 Å². The first-order valence-electron chi connectivity index (χ1n) is 6.92. The summed E-state index contributed by atoms with van der Waals surface area (Å²) in [5.41, 5.74) is 3.87. The van der Waals surface area contributed by atoms with Crippen molar-refractivity contribution in [2.75, 3.05) is 6.61 Å². The fraction of sp³-hybridized carbons (Fsp3) is 0.267. The molecule has 122 valence electrons. The zero-order chi connectivity index (χ0) is 17.0. The van der Waals surface area contributed by atoms with E-state index in [4.69, 9.17) is 16.3 Å². The topological polar surface area (TPSA) is 88.7 Å². The van der Waals surface area contributed by atoms with Gasteiger partial charge < -0.3 is 9.84 Å². The molecule has 0 radical (unpaired) electrons. The molecule has 0 aliphatic heterocycles. The zero-order valence-electron chi connectivity index (χ0n) is 13.0. The van der Waals surface area contributed by atoms with Crippen LogP contribution in [0, 0.1) is 6.92 Å². The predicted octanol–water partition coefficient (Wildman–Crippen LogP) is 2.25. The maximum absolute atomic E-state index is 12.1. The lowest BCUT2D eigenvalue weighted by Gasteiger charge is -2.06. The summed E-state index contributed by atoms with van der Waals surface area (Å²) >= 11 is 6.04. The van der Waals surface area contributed by atoms with Gasteiger partial charge in [0.05, 0.1) is 23.5 Å². The number of halogens is 1. The molecule has 0 saturated carbocycles. The van der Waals surface area contributed by atoms with Crippen LogP contribution in [-0.4, -0.2) is 33.6 Å². The van der Waals surface area contributed by atoms with Crippen molar-refractivity contribution in [1.29, 1.82) is 0 Å². The second-order valence-electron chi connectivity index (χ2n) is 4.73. The number of phenols is 1. The van der Waals surface area contributed by atoms with Crippen LogP contribution in [0.2, 0.25) is 5.02 Å². The number of carbonyl (C=O) groups excluding carboxylic acids is 1. The average Bonchev–Trinajstić information content (AvgIpc) is 2.75. The molecule has 0 saturated heterocycles. The molecule has 2 aromatic rings. The van der Waals surface area contributed by atoms with Gasteiger partial charge in [-0.3, -0.25) is 9.48 Å². The number of hydrogen-bond acceptors (Lipinski definition) is 5. The minimum Gasteiger partial charge on any atom is -0.504 e. The Morgan fingerprint density at radius 3 is 2.91 bits per heavy atom. The summed E-state index contributed by atoms with van der Waals surface area (Å²) in [5.74, 6) is -0.0589. The van der Waals surface area contributed by atoms with E-state index in [1.165, 1.54) is 17.0 Å². The monoisotopic (exact) mass is 336 g/mol. The second kappa shape index (κ2) is 7.15. The summed E-state index contributed by atoms with van der Waals surface area (Å²) in [4.78, 5) is 12.1. The average molecular weight is 337 g/mol. The van der Waals surface area contributed by atoms with Gasteiger partial charge in [-0.1, -0.05) is 11.6 Å². The Morgan fingerprint density at radius 2 is 2.30 bits per heavy atom. The molecule has 7 nitrogen and oxygen atoms in total. The molecule has 0 fully saturated rings. The van der Waals surface area contributed by atoms with E-state index in [1.54, 1.807) is 26.1 Å². The number of hydrogen-bond donors (Lipinski definition) is 2. The molecule has 1 aromatic carbocycles. The van der Waals surface area contributed by atoms with Gasteiger partial charge in [-0.15, -0.1) is 0 Å². The lowest BCUT2D eigenvalue weighted by molar-refractivity contribution is 0.0946. The van der Waals surface area contributed by atoms with Gasteiger partial charge >= 0.3 is 0 Å². The third-order valence-corrected chi connectivity index (χ3v) is 3.48. The molecule has 23 heavy (non-hydrogen) atoms. The van der Waals surface area contributed by atoms with Crippen molar-refractivity contribution in [1.82, 2.24) is 15.2 Å². The SMILES string of the molecule is CCOc1cc(/C=N\NC(=O)c2c(Cl)c(C)nn2C)ccc1O. The van der Waals surface area contributed by atoms with E-state index < -0.39 is 5.91 Å². The van der Waals surface area contributed by atoms with Gasteiger partial charge in [0, 0.05) is 7.05 Å². The highest BCUT2D eigenvalue weighted by atomic mass is 35.5. The van der Waals surface area contributed by atoms with Gasteiger partial charge in [0.25, 0.3) is 5.91 Å². The standard InChI is InChI=1S/C15H17ClN4O3/c1-4-23-12-7-10(5-6-11(12)21)8-17-18-15(22)14-13(16)9(2)19-20(14)3/h5-8,21H,4H2,1-3H3,(H,18,22)/b17-8-. The van der Waals surface area contributed by atoms with Crippen molar-refractivity contribution in [3.8, 4) is 11.5 Å². The van der Waals surface area contributed by atoms with Crippen LogP contribution >= 0.6 is 11.6 Å². The number of benzene rings is 1. The molecule has 0 unspecified atom stereocenters. The number of phenolic OH excluding ortho intramolecular Hbond substituents is 1. The lowest BCUT2D eigenvalue weighted by atomic mass is 10.2. The molecule has 8 heteroatoms. The van der Waals surface area contributed by atoms with Gasteiger partial charge in [0.1, 0.15) is 5.69 Å². The maximum atomic E-state index is 12.1. The molecule has 1 amide bonds. The summed E-state index contributed by atoms with van der Waals surface area (Å²) < 4.78 is 6.68. The first-order chi connectivity index (χ1) is 10.9. The number of amides is 1. The summed E-state index contributed by atoms with van der Waals surface area (Å²) in [6, 6.07) is 4.76. The number of aromatic hydroxyl groups is 1. The fourth-order valence-corrected chi connectivity index (χ4v) is 2.23. The highest BCUT2D eigenvalue weighted by Crippen LogP contribution is 2.26. The van der Waals surface area contributed by atoms with Crippen molar-refractivity contribution >= 4 is 23.7 Å². The quantitative estimate of drug-likeness (QED) is 0.647. The number of hydrazone groups is 1. The van der Waals surface area contributed by atoms with Gasteiger partial charge in [-0.05, 0) is 37.6 Å². The number of ether oxygens (including phenoxy) is 1. The van der Waals surface area contributed by atoms with Crippen LogP contribution in [0.5, 0.6) is 11.5 Å². The molecule has 0 bridgehead atoms. The number of aryl methyl sites for hydroxylation is 2. The van der Waals surface area contributed by atoms with Crippen LogP contribution in [0.15, 0.2) is 23.3 Å². The molecular formula is C15H17ClN4O3. The number of rotatable bonds is 5. The summed E-state index contributed by atoms with van der Waals surface area (Å²) in [5, 5.41) is 17.9. The van der Waals surface area contributed by atoms with Crippen LogP contribution in [0.4, 0.5) is 0 Å². The van der Waals surface area contributed by atoms with Gasteiger partial charge in [0.15, 0.2) is 11.5 Å². The Labute approximate surface area is 138 Å². The zero-order valence-corrected chi connectivity index (χ0v) is 13.8. The van der Waals surface area contributed by atoms with Crippen LogP contribution < -0.4 is 10.2 Å². The third kappa shape index (κ3) is 3.81. The number of nitrogens with zero attached hydrogens (tertiary/aromatic N) is 3. The molecule has 2 rings (SSSR count). The lowest BCUT2D eigenvalue weighted by Crippen LogP contribution is -2.21. The predicted molar refractivity (Wildman–Crippen MR) is 87.3 cm³/mol. The molecule has 0 atom stereocenters. The van der Waals surface area contributed by atoms with Crippen molar-refractivity contribution in [3.63, 3.8) is 0 Å². The molecule has 0 spiro atoms. The normalized spacial score (nSPS) is 11.0. The van der Waals surface area contributed by atoms with Crippen molar-refractivity contribution in [3.05, 3.63) is 40.2 Å². The van der Waals surface area contributed by atoms with Crippen LogP contribution in [0.25, 0.3) is 0 Å². The summed E-state index contributed by atoms with van der Waals surface area (Å²) in [6.07, 6.45) is 1.44. The summed E-state index contributed by atoms with van der Waals surface area (Å²) in [7, 11) is 1.63. The maximum Gasteiger partial charge on any atom is 0.291 e. The van der Waals surface area contributed by atoms with E-state index in [0.29, 0.717) is 28.6 Å².